The first-order valence-electron chi connectivity index (χ1n) is 6.57. The van der Waals surface area contributed by atoms with Crippen molar-refractivity contribution in [1.82, 2.24) is 20.2 Å². The number of anilines is 1. The highest BCUT2D eigenvalue weighted by Crippen LogP contribution is 2.25. The number of hydrogen-bond acceptors (Lipinski definition) is 5. The van der Waals surface area contributed by atoms with E-state index in [1.807, 2.05) is 18.2 Å². The SMILES string of the molecule is CCCCn1nnnc1NCc1ccc(OC)c(Cl)c1. The Balaban J connectivity index is 1.98. The molecule has 0 aliphatic heterocycles. The minimum atomic E-state index is 0.595. The molecule has 0 amide bonds. The highest BCUT2D eigenvalue weighted by molar-refractivity contribution is 6.32. The lowest BCUT2D eigenvalue weighted by molar-refractivity contribution is 0.415. The van der Waals surface area contributed by atoms with Gasteiger partial charge in [-0.15, -0.1) is 0 Å². The van der Waals surface area contributed by atoms with Gasteiger partial charge in [-0.3, -0.25) is 0 Å². The summed E-state index contributed by atoms with van der Waals surface area (Å²) >= 11 is 6.09. The third-order valence-corrected chi connectivity index (χ3v) is 3.22. The number of aryl methyl sites for hydroxylation is 1. The number of ether oxygens (including phenoxy) is 1. The van der Waals surface area contributed by atoms with Crippen LogP contribution in [-0.2, 0) is 13.1 Å². The maximum Gasteiger partial charge on any atom is 0.243 e. The molecule has 2 rings (SSSR count). The maximum absolute atomic E-state index is 6.09. The Kier molecular flexibility index (Phi) is 5.17. The van der Waals surface area contributed by atoms with Gasteiger partial charge in [0.1, 0.15) is 5.75 Å². The Bertz CT molecular complexity index is 557. The molecule has 0 aliphatic rings. The van der Waals surface area contributed by atoms with Crippen LogP contribution >= 0.6 is 11.6 Å². The Morgan fingerprint density at radius 1 is 1.40 bits per heavy atom. The molecule has 20 heavy (non-hydrogen) atoms. The lowest BCUT2D eigenvalue weighted by atomic mass is 10.2. The van der Waals surface area contributed by atoms with E-state index < -0.39 is 0 Å². The van der Waals surface area contributed by atoms with Crippen molar-refractivity contribution in [3.63, 3.8) is 0 Å². The van der Waals surface area contributed by atoms with Gasteiger partial charge in [0.05, 0.1) is 12.1 Å². The highest BCUT2D eigenvalue weighted by Gasteiger charge is 2.06. The van der Waals surface area contributed by atoms with E-state index in [1.54, 1.807) is 11.8 Å². The number of hydrogen-bond donors (Lipinski definition) is 1. The molecule has 108 valence electrons. The number of rotatable bonds is 7. The van der Waals surface area contributed by atoms with Crippen LogP contribution in [0.25, 0.3) is 0 Å². The number of tetrazole rings is 1. The van der Waals surface area contributed by atoms with Gasteiger partial charge in [0, 0.05) is 13.1 Å². The molecule has 0 saturated carbocycles. The van der Waals surface area contributed by atoms with Gasteiger partial charge in [-0.05, 0) is 34.5 Å². The fraction of sp³-hybridized carbons (Fsp3) is 0.462. The Morgan fingerprint density at radius 3 is 2.95 bits per heavy atom. The van der Waals surface area contributed by atoms with Crippen LogP contribution in [-0.4, -0.2) is 27.3 Å². The fourth-order valence-electron chi connectivity index (χ4n) is 1.79. The smallest absolute Gasteiger partial charge is 0.243 e. The third kappa shape index (κ3) is 3.60. The molecule has 0 radical (unpaired) electrons. The minimum Gasteiger partial charge on any atom is -0.495 e. The monoisotopic (exact) mass is 295 g/mol. The molecular formula is C13H18ClN5O. The van der Waals surface area contributed by atoms with Gasteiger partial charge in [0.25, 0.3) is 0 Å². The van der Waals surface area contributed by atoms with Crippen LogP contribution in [0.5, 0.6) is 5.75 Å². The zero-order valence-electron chi connectivity index (χ0n) is 11.6. The van der Waals surface area contributed by atoms with Gasteiger partial charge in [-0.25, -0.2) is 4.68 Å². The normalized spacial score (nSPS) is 10.6. The summed E-state index contributed by atoms with van der Waals surface area (Å²) in [6, 6.07) is 5.67. The highest BCUT2D eigenvalue weighted by atomic mass is 35.5. The molecule has 0 unspecified atom stereocenters. The van der Waals surface area contributed by atoms with Gasteiger partial charge < -0.3 is 10.1 Å². The molecular weight excluding hydrogens is 278 g/mol. The zero-order valence-corrected chi connectivity index (χ0v) is 12.4. The van der Waals surface area contributed by atoms with Crippen molar-refractivity contribution < 1.29 is 4.74 Å². The average molecular weight is 296 g/mol. The molecule has 2 aromatic rings. The molecule has 1 aromatic heterocycles. The van der Waals surface area contributed by atoms with Gasteiger partial charge in [-0.2, -0.15) is 0 Å². The van der Waals surface area contributed by atoms with E-state index in [-0.39, 0.29) is 0 Å². The van der Waals surface area contributed by atoms with Crippen molar-refractivity contribution in [3.05, 3.63) is 28.8 Å². The number of aromatic nitrogens is 4. The van der Waals surface area contributed by atoms with Crippen LogP contribution in [0.4, 0.5) is 5.95 Å². The minimum absolute atomic E-state index is 0.595. The van der Waals surface area contributed by atoms with E-state index in [1.165, 1.54) is 0 Å². The molecule has 6 nitrogen and oxygen atoms in total. The summed E-state index contributed by atoms with van der Waals surface area (Å²) in [6.45, 7) is 3.56. The van der Waals surface area contributed by atoms with Gasteiger partial charge >= 0.3 is 0 Å². The van der Waals surface area contributed by atoms with Gasteiger partial charge in [0.15, 0.2) is 0 Å². The summed E-state index contributed by atoms with van der Waals surface area (Å²) in [5.41, 5.74) is 1.04. The summed E-state index contributed by atoms with van der Waals surface area (Å²) < 4.78 is 6.90. The fourth-order valence-corrected chi connectivity index (χ4v) is 2.07. The largest absolute Gasteiger partial charge is 0.495 e. The number of halogens is 1. The van der Waals surface area contributed by atoms with Crippen LogP contribution < -0.4 is 10.1 Å². The van der Waals surface area contributed by atoms with E-state index in [4.69, 9.17) is 16.3 Å². The molecule has 0 atom stereocenters. The first kappa shape index (κ1) is 14.6. The second-order valence-electron chi connectivity index (χ2n) is 4.40. The summed E-state index contributed by atoms with van der Waals surface area (Å²) in [4.78, 5) is 0. The predicted octanol–water partition coefficient (Wildman–Crippen LogP) is 2.75. The summed E-state index contributed by atoms with van der Waals surface area (Å²) in [5, 5.41) is 15.4. The first-order chi connectivity index (χ1) is 9.74. The molecule has 0 spiro atoms. The second-order valence-corrected chi connectivity index (χ2v) is 4.81. The molecule has 1 heterocycles. The Morgan fingerprint density at radius 2 is 2.25 bits per heavy atom. The zero-order chi connectivity index (χ0) is 14.4. The number of nitrogens with zero attached hydrogens (tertiary/aromatic N) is 4. The molecule has 7 heteroatoms. The maximum atomic E-state index is 6.09. The van der Waals surface area contributed by atoms with E-state index in [0.29, 0.717) is 23.3 Å². The molecule has 0 aliphatic carbocycles. The summed E-state index contributed by atoms with van der Waals surface area (Å²) in [5.74, 6) is 1.34. The van der Waals surface area contributed by atoms with Crippen molar-refractivity contribution in [1.29, 1.82) is 0 Å². The molecule has 1 N–H and O–H groups in total. The van der Waals surface area contributed by atoms with Crippen LogP contribution in [0, 0.1) is 0 Å². The topological polar surface area (TPSA) is 64.9 Å². The summed E-state index contributed by atoms with van der Waals surface area (Å²) in [6.07, 6.45) is 2.15. The Labute approximate surface area is 123 Å². The quantitative estimate of drug-likeness (QED) is 0.851. The average Bonchev–Trinajstić information content (AvgIpc) is 2.90. The Hall–Kier alpha value is -1.82. The van der Waals surface area contributed by atoms with E-state index >= 15 is 0 Å². The van der Waals surface area contributed by atoms with Crippen molar-refractivity contribution in [2.24, 2.45) is 0 Å². The third-order valence-electron chi connectivity index (χ3n) is 2.92. The number of nitrogens with one attached hydrogen (secondary N) is 1. The molecule has 0 fully saturated rings. The van der Waals surface area contributed by atoms with Crippen molar-refractivity contribution in [2.75, 3.05) is 12.4 Å². The lowest BCUT2D eigenvalue weighted by Gasteiger charge is -2.08. The van der Waals surface area contributed by atoms with Gasteiger partial charge in [0.2, 0.25) is 5.95 Å². The van der Waals surface area contributed by atoms with Crippen LogP contribution in [0.15, 0.2) is 18.2 Å². The predicted molar refractivity (Wildman–Crippen MR) is 78.1 cm³/mol. The van der Waals surface area contributed by atoms with E-state index in [2.05, 4.69) is 27.8 Å². The number of methoxy groups -OCH3 is 1. The standard InChI is InChI=1S/C13H18ClN5O/c1-3-4-7-19-13(16-17-18-19)15-9-10-5-6-12(20-2)11(14)8-10/h5-6,8H,3-4,7,9H2,1-2H3,(H,15,16,18). The molecule has 0 bridgehead atoms. The van der Waals surface area contributed by atoms with E-state index in [0.717, 1.165) is 24.9 Å². The van der Waals surface area contributed by atoms with Gasteiger partial charge in [-0.1, -0.05) is 36.1 Å². The van der Waals surface area contributed by atoms with Crippen LogP contribution in [0.3, 0.4) is 0 Å². The number of unbranched alkanes of at least 4 members (excludes halogenated alkanes) is 1. The first-order valence-corrected chi connectivity index (χ1v) is 6.95. The van der Waals surface area contributed by atoms with Crippen molar-refractivity contribution >= 4 is 17.5 Å². The molecule has 0 saturated heterocycles. The summed E-state index contributed by atoms with van der Waals surface area (Å²) in [7, 11) is 1.60. The van der Waals surface area contributed by atoms with Crippen molar-refractivity contribution in [3.8, 4) is 5.75 Å². The lowest BCUT2D eigenvalue weighted by Crippen LogP contribution is -2.09. The van der Waals surface area contributed by atoms with Crippen molar-refractivity contribution in [2.45, 2.75) is 32.9 Å². The second kappa shape index (κ2) is 7.09. The molecule has 1 aromatic carbocycles. The van der Waals surface area contributed by atoms with E-state index in [9.17, 15) is 0 Å². The van der Waals surface area contributed by atoms with Crippen LogP contribution in [0.2, 0.25) is 5.02 Å². The number of benzene rings is 1. The van der Waals surface area contributed by atoms with Crippen LogP contribution in [0.1, 0.15) is 25.3 Å².